The van der Waals surface area contributed by atoms with Crippen LogP contribution in [0.15, 0.2) is 35.7 Å². The van der Waals surface area contributed by atoms with Gasteiger partial charge in [-0.05, 0) is 62.6 Å². The van der Waals surface area contributed by atoms with Crippen LogP contribution in [-0.2, 0) is 30.3 Å². The van der Waals surface area contributed by atoms with Crippen molar-refractivity contribution in [2.45, 2.75) is 118 Å². The number of benzene rings is 1. The second-order valence-corrected chi connectivity index (χ2v) is 16.2. The molecular formula is C40H60N4O7S. The van der Waals surface area contributed by atoms with Crippen molar-refractivity contribution in [1.29, 1.82) is 0 Å². The molecule has 1 aromatic carbocycles. The highest BCUT2D eigenvalue weighted by Crippen LogP contribution is 2.33. The first-order valence-electron chi connectivity index (χ1n) is 18.7. The number of nitrogens with one attached hydrogen (secondary N) is 1. The molecule has 0 unspecified atom stereocenters. The van der Waals surface area contributed by atoms with Crippen LogP contribution in [0.4, 0.5) is 0 Å². The minimum atomic E-state index is -0.941. The highest BCUT2D eigenvalue weighted by atomic mass is 32.1. The molecule has 0 aliphatic carbocycles. The molecule has 11 nitrogen and oxygen atoms in total. The number of carbonyl (C=O) groups excluding carboxylic acids is 4. The Kier molecular flexibility index (Phi) is 16.4. The molecule has 12 heteroatoms. The number of carboxylic acids is 1. The van der Waals surface area contributed by atoms with Gasteiger partial charge >= 0.3 is 11.9 Å². The second kappa shape index (κ2) is 20.0. The van der Waals surface area contributed by atoms with Crippen LogP contribution < -0.4 is 5.32 Å². The van der Waals surface area contributed by atoms with Crippen molar-refractivity contribution >= 4 is 40.9 Å². The molecule has 2 aromatic rings. The Morgan fingerprint density at radius 1 is 1.10 bits per heavy atom. The fourth-order valence-electron chi connectivity index (χ4n) is 7.15. The summed E-state index contributed by atoms with van der Waals surface area (Å²) in [4.78, 5) is 73.9. The number of carboxylic acid groups (broad SMARTS) is 1. The quantitative estimate of drug-likeness (QED) is 0.156. The van der Waals surface area contributed by atoms with Gasteiger partial charge in [0, 0.05) is 50.2 Å². The third-order valence-electron chi connectivity index (χ3n) is 10.7. The number of hydrogen-bond donors (Lipinski definition) is 2. The van der Waals surface area contributed by atoms with Crippen molar-refractivity contribution in [3.63, 3.8) is 0 Å². The third kappa shape index (κ3) is 12.2. The lowest BCUT2D eigenvalue weighted by Crippen LogP contribution is -2.48. The van der Waals surface area contributed by atoms with Crippen LogP contribution in [0, 0.1) is 29.6 Å². The van der Waals surface area contributed by atoms with Crippen molar-refractivity contribution in [2.75, 3.05) is 20.6 Å². The smallest absolute Gasteiger partial charge is 0.306 e. The number of hydrogen-bond acceptors (Lipinski definition) is 9. The molecule has 2 amide bonds. The number of likely N-dealkylation sites (tertiary alicyclic amines) is 1. The Morgan fingerprint density at radius 2 is 1.77 bits per heavy atom. The van der Waals surface area contributed by atoms with Crippen LogP contribution in [-0.4, -0.2) is 88.2 Å². The lowest BCUT2D eigenvalue weighted by molar-refractivity contribution is -0.149. The summed E-state index contributed by atoms with van der Waals surface area (Å²) in [6, 6.07) is 8.56. The first-order valence-corrected chi connectivity index (χ1v) is 19.6. The van der Waals surface area contributed by atoms with Gasteiger partial charge in [-0.15, -0.1) is 11.3 Å². The van der Waals surface area contributed by atoms with E-state index in [2.05, 4.69) is 22.1 Å². The average Bonchev–Trinajstić information content (AvgIpc) is 3.59. The molecule has 288 valence electrons. The molecule has 0 bridgehead atoms. The van der Waals surface area contributed by atoms with E-state index in [0.29, 0.717) is 17.3 Å². The van der Waals surface area contributed by atoms with Crippen molar-refractivity contribution in [3.05, 3.63) is 52.0 Å². The zero-order chi connectivity index (χ0) is 38.7. The van der Waals surface area contributed by atoms with Crippen molar-refractivity contribution in [2.24, 2.45) is 29.6 Å². The van der Waals surface area contributed by atoms with E-state index >= 15 is 0 Å². The molecule has 0 radical (unpaired) electrons. The van der Waals surface area contributed by atoms with Gasteiger partial charge in [0.05, 0.1) is 12.0 Å². The standard InChI is InChI=1S/C40H60N4O7S/c1-10-26(5)31(21-35(46)34-18-25(4)16-17-43(34)8)39(48)44(9)33(24(2)3)22-36(51-28(7)45)38-42-32(23-52-38)37(47)41-30(19-27(6)40(49)50)20-29-14-12-11-13-15-29/h11-15,23-27,30-31,33-34,36H,10,16-22H2,1-9H3,(H,41,47)(H,49,50)/t25-,26+,27+,30-,31+,33-,34-,36-/m1/s1. The number of esters is 1. The van der Waals surface area contributed by atoms with Crippen LogP contribution in [0.1, 0.15) is 114 Å². The molecule has 2 N–H and O–H groups in total. The second-order valence-electron chi connectivity index (χ2n) is 15.3. The van der Waals surface area contributed by atoms with Crippen molar-refractivity contribution < 1.29 is 33.8 Å². The molecule has 1 aliphatic heterocycles. The summed E-state index contributed by atoms with van der Waals surface area (Å²) in [5.74, 6) is -2.62. The number of likely N-dealkylation sites (N-methyl/N-ethyl adjacent to an activating group) is 1. The Balaban J connectivity index is 1.81. The summed E-state index contributed by atoms with van der Waals surface area (Å²) in [7, 11) is 3.75. The van der Waals surface area contributed by atoms with Crippen LogP contribution in [0.25, 0.3) is 0 Å². The number of aliphatic carboxylic acids is 1. The molecule has 2 heterocycles. The molecule has 1 fully saturated rings. The summed E-state index contributed by atoms with van der Waals surface area (Å²) in [6.07, 6.45) is 2.91. The first-order chi connectivity index (χ1) is 24.5. The number of amides is 2. The van der Waals surface area contributed by atoms with Gasteiger partial charge in [-0.2, -0.15) is 0 Å². The Morgan fingerprint density at radius 3 is 2.37 bits per heavy atom. The zero-order valence-electron chi connectivity index (χ0n) is 32.5. The van der Waals surface area contributed by atoms with Crippen LogP contribution in [0.3, 0.4) is 0 Å². The highest BCUT2D eigenvalue weighted by Gasteiger charge is 2.38. The van der Waals surface area contributed by atoms with Gasteiger partial charge in [0.15, 0.2) is 11.9 Å². The summed E-state index contributed by atoms with van der Waals surface area (Å²) < 4.78 is 5.79. The Labute approximate surface area is 313 Å². The van der Waals surface area contributed by atoms with E-state index in [1.165, 1.54) is 18.3 Å². The minimum Gasteiger partial charge on any atom is -0.481 e. The first kappa shape index (κ1) is 42.8. The molecule has 1 saturated heterocycles. The number of rotatable bonds is 19. The monoisotopic (exact) mass is 740 g/mol. The Hall–Kier alpha value is -3.64. The normalized spacial score (nSPS) is 19.9. The van der Waals surface area contributed by atoms with Gasteiger partial charge in [0.25, 0.3) is 5.91 Å². The number of Topliss-reactive ketones (excluding diaryl/α,β-unsaturated/α-hetero) is 1. The maximum absolute atomic E-state index is 14.3. The zero-order valence-corrected chi connectivity index (χ0v) is 33.3. The topological polar surface area (TPSA) is 146 Å². The molecular weight excluding hydrogens is 681 g/mol. The summed E-state index contributed by atoms with van der Waals surface area (Å²) >= 11 is 1.19. The minimum absolute atomic E-state index is 0.00784. The largest absolute Gasteiger partial charge is 0.481 e. The van der Waals surface area contributed by atoms with E-state index in [4.69, 9.17) is 4.74 Å². The number of ketones is 1. The molecule has 0 saturated carbocycles. The number of carbonyl (C=O) groups is 5. The van der Waals surface area contributed by atoms with Gasteiger partial charge in [0.2, 0.25) is 5.91 Å². The highest BCUT2D eigenvalue weighted by molar-refractivity contribution is 7.09. The van der Waals surface area contributed by atoms with Gasteiger partial charge in [-0.1, -0.05) is 78.3 Å². The predicted molar refractivity (Wildman–Crippen MR) is 203 cm³/mol. The van der Waals surface area contributed by atoms with E-state index in [9.17, 15) is 29.1 Å². The maximum atomic E-state index is 14.3. The van der Waals surface area contributed by atoms with Gasteiger partial charge < -0.3 is 20.1 Å². The lowest BCUT2D eigenvalue weighted by atomic mass is 9.81. The number of piperidine rings is 1. The van der Waals surface area contributed by atoms with E-state index in [-0.39, 0.29) is 60.6 Å². The SMILES string of the molecule is CC[C@H](C)[C@H](CC(=O)[C@H]1C[C@H](C)CCN1C)C(=O)N(C)[C@H](C[C@@H](OC(C)=O)c1nc(C(=O)N[C@@H](Cc2ccccc2)C[C@H](C)C(=O)O)cs1)C(C)C. The van der Waals surface area contributed by atoms with Gasteiger partial charge in [0.1, 0.15) is 10.7 Å². The molecule has 1 aliphatic rings. The van der Waals surface area contributed by atoms with Crippen LogP contribution in [0.2, 0.25) is 0 Å². The summed E-state index contributed by atoms with van der Waals surface area (Å²) in [5, 5.41) is 14.5. The van der Waals surface area contributed by atoms with E-state index in [0.717, 1.165) is 31.4 Å². The van der Waals surface area contributed by atoms with Crippen LogP contribution >= 0.6 is 11.3 Å². The van der Waals surface area contributed by atoms with E-state index < -0.39 is 41.8 Å². The van der Waals surface area contributed by atoms with E-state index in [1.807, 2.05) is 65.1 Å². The molecule has 3 rings (SSSR count). The number of aromatic nitrogens is 1. The molecule has 1 aromatic heterocycles. The molecule has 8 atom stereocenters. The van der Waals surface area contributed by atoms with Crippen molar-refractivity contribution in [3.8, 4) is 0 Å². The maximum Gasteiger partial charge on any atom is 0.306 e. The van der Waals surface area contributed by atoms with Crippen LogP contribution in [0.5, 0.6) is 0 Å². The molecule has 52 heavy (non-hydrogen) atoms. The lowest BCUT2D eigenvalue weighted by Gasteiger charge is -2.38. The fourth-order valence-corrected chi connectivity index (χ4v) is 7.98. The average molecular weight is 741 g/mol. The Bertz CT molecular complexity index is 1500. The van der Waals surface area contributed by atoms with Gasteiger partial charge in [-0.25, -0.2) is 4.98 Å². The summed E-state index contributed by atoms with van der Waals surface area (Å²) in [5.41, 5.74) is 1.11. The number of nitrogens with zero attached hydrogens (tertiary/aromatic N) is 3. The number of ether oxygens (including phenoxy) is 1. The number of thiazole rings is 1. The van der Waals surface area contributed by atoms with Gasteiger partial charge in [-0.3, -0.25) is 28.9 Å². The van der Waals surface area contributed by atoms with Crippen molar-refractivity contribution in [1.82, 2.24) is 20.1 Å². The van der Waals surface area contributed by atoms with E-state index in [1.54, 1.807) is 24.3 Å². The summed E-state index contributed by atoms with van der Waals surface area (Å²) in [6.45, 7) is 14.0. The molecule has 0 spiro atoms. The third-order valence-corrected chi connectivity index (χ3v) is 11.6. The predicted octanol–water partition coefficient (Wildman–Crippen LogP) is 6.42. The fraction of sp³-hybridized carbons (Fsp3) is 0.650.